The van der Waals surface area contributed by atoms with Crippen molar-refractivity contribution in [1.29, 1.82) is 5.26 Å². The molecular weight excluding hydrogens is 234 g/mol. The number of nitrogens with one attached hydrogen (secondary N) is 1. The number of benzene rings is 1. The molecule has 1 heterocycles. The Balaban J connectivity index is 2.40. The van der Waals surface area contributed by atoms with Crippen LogP contribution in [0.25, 0.3) is 11.1 Å². The molecule has 1 aromatic heterocycles. The van der Waals surface area contributed by atoms with Crippen molar-refractivity contribution in [2.24, 2.45) is 0 Å². The van der Waals surface area contributed by atoms with Crippen molar-refractivity contribution < 1.29 is 0 Å². The zero-order valence-electron chi connectivity index (χ0n) is 11.3. The summed E-state index contributed by atoms with van der Waals surface area (Å²) in [5.74, 6) is 0.668. The quantitative estimate of drug-likeness (QED) is 0.900. The molecule has 19 heavy (non-hydrogen) atoms. The van der Waals surface area contributed by atoms with E-state index in [0.717, 1.165) is 24.1 Å². The molecular formula is C16H17N3. The van der Waals surface area contributed by atoms with E-state index in [4.69, 9.17) is 0 Å². The zero-order valence-corrected chi connectivity index (χ0v) is 11.3. The molecule has 2 rings (SSSR count). The SMILES string of the molecule is CCCNc1ncc(-c2ccccc2C)cc1C#N. The van der Waals surface area contributed by atoms with Crippen LogP contribution in [0.3, 0.4) is 0 Å². The van der Waals surface area contributed by atoms with Gasteiger partial charge in [0.2, 0.25) is 0 Å². The summed E-state index contributed by atoms with van der Waals surface area (Å²) < 4.78 is 0. The van der Waals surface area contributed by atoms with Gasteiger partial charge in [0.05, 0.1) is 5.56 Å². The third-order valence-corrected chi connectivity index (χ3v) is 3.01. The first kappa shape index (κ1) is 13.1. The van der Waals surface area contributed by atoms with E-state index in [2.05, 4.69) is 36.3 Å². The number of anilines is 1. The summed E-state index contributed by atoms with van der Waals surface area (Å²) in [6.07, 6.45) is 2.83. The third-order valence-electron chi connectivity index (χ3n) is 3.01. The van der Waals surface area contributed by atoms with E-state index in [1.165, 1.54) is 5.56 Å². The summed E-state index contributed by atoms with van der Waals surface area (Å²) >= 11 is 0. The van der Waals surface area contributed by atoms with Gasteiger partial charge in [0.1, 0.15) is 11.9 Å². The fourth-order valence-electron chi connectivity index (χ4n) is 1.98. The van der Waals surface area contributed by atoms with Crippen LogP contribution in [0.1, 0.15) is 24.5 Å². The highest BCUT2D eigenvalue weighted by Gasteiger charge is 2.07. The van der Waals surface area contributed by atoms with E-state index >= 15 is 0 Å². The molecule has 1 aromatic carbocycles. The van der Waals surface area contributed by atoms with E-state index in [0.29, 0.717) is 11.4 Å². The Morgan fingerprint density at radius 1 is 1.32 bits per heavy atom. The van der Waals surface area contributed by atoms with E-state index in [1.54, 1.807) is 0 Å². The molecule has 2 aromatic rings. The Labute approximate surface area is 113 Å². The number of nitriles is 1. The molecule has 0 saturated carbocycles. The van der Waals surface area contributed by atoms with Gasteiger partial charge < -0.3 is 5.32 Å². The number of rotatable bonds is 4. The maximum atomic E-state index is 9.23. The molecule has 0 saturated heterocycles. The monoisotopic (exact) mass is 251 g/mol. The Hall–Kier alpha value is -2.34. The van der Waals surface area contributed by atoms with Crippen LogP contribution < -0.4 is 5.32 Å². The highest BCUT2D eigenvalue weighted by atomic mass is 15.0. The fourth-order valence-corrected chi connectivity index (χ4v) is 1.98. The minimum absolute atomic E-state index is 0.592. The van der Waals surface area contributed by atoms with Crippen LogP contribution in [0.4, 0.5) is 5.82 Å². The maximum Gasteiger partial charge on any atom is 0.143 e. The minimum atomic E-state index is 0.592. The van der Waals surface area contributed by atoms with Crippen LogP contribution in [0.5, 0.6) is 0 Å². The van der Waals surface area contributed by atoms with Gasteiger partial charge >= 0.3 is 0 Å². The standard InChI is InChI=1S/C16H17N3/c1-3-8-18-16-13(10-17)9-14(11-19-16)15-7-5-4-6-12(15)2/h4-7,9,11H,3,8H2,1-2H3,(H,18,19). The Kier molecular flexibility index (Phi) is 4.15. The molecule has 0 bridgehead atoms. The highest BCUT2D eigenvalue weighted by Crippen LogP contribution is 2.25. The normalized spacial score (nSPS) is 9.95. The van der Waals surface area contributed by atoms with E-state index in [9.17, 15) is 5.26 Å². The Morgan fingerprint density at radius 2 is 2.11 bits per heavy atom. The first-order valence-electron chi connectivity index (χ1n) is 6.46. The van der Waals surface area contributed by atoms with Gasteiger partial charge in [-0.2, -0.15) is 5.26 Å². The molecule has 0 amide bonds. The molecule has 0 fully saturated rings. The summed E-state index contributed by atoms with van der Waals surface area (Å²) in [6, 6.07) is 12.2. The average molecular weight is 251 g/mol. The van der Waals surface area contributed by atoms with Crippen molar-refractivity contribution in [1.82, 2.24) is 4.98 Å². The largest absolute Gasteiger partial charge is 0.369 e. The third kappa shape index (κ3) is 2.92. The van der Waals surface area contributed by atoms with Crippen molar-refractivity contribution in [3.63, 3.8) is 0 Å². The van der Waals surface area contributed by atoms with Crippen LogP contribution in [0.2, 0.25) is 0 Å². The summed E-state index contributed by atoms with van der Waals surface area (Å²) in [4.78, 5) is 4.37. The molecule has 96 valence electrons. The first-order chi connectivity index (χ1) is 9.26. The number of nitrogens with zero attached hydrogens (tertiary/aromatic N) is 2. The van der Waals surface area contributed by atoms with Gasteiger partial charge in [0.25, 0.3) is 0 Å². The molecule has 3 heteroatoms. The van der Waals surface area contributed by atoms with Crippen molar-refractivity contribution in [3.8, 4) is 17.2 Å². The average Bonchev–Trinajstić information content (AvgIpc) is 2.45. The van der Waals surface area contributed by atoms with Gasteiger partial charge in [-0.25, -0.2) is 4.98 Å². The van der Waals surface area contributed by atoms with Crippen LogP contribution in [0, 0.1) is 18.3 Å². The summed E-state index contributed by atoms with van der Waals surface area (Å²) in [6.45, 7) is 4.97. The second-order valence-electron chi connectivity index (χ2n) is 4.47. The fraction of sp³-hybridized carbons (Fsp3) is 0.250. The first-order valence-corrected chi connectivity index (χ1v) is 6.46. The number of aromatic nitrogens is 1. The van der Waals surface area contributed by atoms with Gasteiger partial charge in [-0.3, -0.25) is 0 Å². The van der Waals surface area contributed by atoms with Crippen LogP contribution in [-0.2, 0) is 0 Å². The lowest BCUT2D eigenvalue weighted by Crippen LogP contribution is -2.04. The van der Waals surface area contributed by atoms with Gasteiger partial charge in [0, 0.05) is 18.3 Å². The smallest absolute Gasteiger partial charge is 0.143 e. The topological polar surface area (TPSA) is 48.7 Å². The van der Waals surface area contributed by atoms with Crippen molar-refractivity contribution >= 4 is 5.82 Å². The lowest BCUT2D eigenvalue weighted by Gasteiger charge is -2.09. The maximum absolute atomic E-state index is 9.23. The van der Waals surface area contributed by atoms with E-state index in [1.807, 2.05) is 30.5 Å². The number of pyridine rings is 1. The number of aryl methyl sites for hydroxylation is 1. The summed E-state index contributed by atoms with van der Waals surface area (Å²) in [7, 11) is 0. The zero-order chi connectivity index (χ0) is 13.7. The predicted molar refractivity (Wildman–Crippen MR) is 77.9 cm³/mol. The Morgan fingerprint density at radius 3 is 2.79 bits per heavy atom. The van der Waals surface area contributed by atoms with Crippen molar-refractivity contribution in [2.75, 3.05) is 11.9 Å². The van der Waals surface area contributed by atoms with E-state index in [-0.39, 0.29) is 0 Å². The molecule has 1 N–H and O–H groups in total. The predicted octanol–water partition coefficient (Wildman–Crippen LogP) is 3.75. The molecule has 0 aliphatic heterocycles. The molecule has 0 atom stereocenters. The van der Waals surface area contributed by atoms with Gasteiger partial charge in [-0.1, -0.05) is 31.2 Å². The van der Waals surface area contributed by atoms with Crippen LogP contribution in [-0.4, -0.2) is 11.5 Å². The molecule has 0 radical (unpaired) electrons. The Bertz CT molecular complexity index is 612. The van der Waals surface area contributed by atoms with Gasteiger partial charge in [-0.15, -0.1) is 0 Å². The molecule has 0 aliphatic carbocycles. The van der Waals surface area contributed by atoms with E-state index < -0.39 is 0 Å². The molecule has 0 spiro atoms. The highest BCUT2D eigenvalue weighted by molar-refractivity contribution is 5.70. The lowest BCUT2D eigenvalue weighted by atomic mass is 10.0. The number of hydrogen-bond donors (Lipinski definition) is 1. The summed E-state index contributed by atoms with van der Waals surface area (Å²) in [5, 5.41) is 12.4. The van der Waals surface area contributed by atoms with Crippen LogP contribution >= 0.6 is 0 Å². The molecule has 0 unspecified atom stereocenters. The molecule has 0 aliphatic rings. The molecule has 3 nitrogen and oxygen atoms in total. The second kappa shape index (κ2) is 6.01. The lowest BCUT2D eigenvalue weighted by molar-refractivity contribution is 0.968. The van der Waals surface area contributed by atoms with Gasteiger partial charge in [0.15, 0.2) is 0 Å². The van der Waals surface area contributed by atoms with Crippen molar-refractivity contribution in [3.05, 3.63) is 47.7 Å². The summed E-state index contributed by atoms with van der Waals surface area (Å²) in [5.41, 5.74) is 3.88. The van der Waals surface area contributed by atoms with Gasteiger partial charge in [-0.05, 0) is 30.5 Å². The minimum Gasteiger partial charge on any atom is -0.369 e. The second-order valence-corrected chi connectivity index (χ2v) is 4.47. The van der Waals surface area contributed by atoms with Crippen LogP contribution in [0.15, 0.2) is 36.5 Å². The number of hydrogen-bond acceptors (Lipinski definition) is 3. The van der Waals surface area contributed by atoms with Crippen molar-refractivity contribution in [2.45, 2.75) is 20.3 Å².